The number of halogens is 1. The Morgan fingerprint density at radius 3 is 2.61 bits per heavy atom. The van der Waals surface area contributed by atoms with E-state index in [1.54, 1.807) is 29.2 Å². The standard InChI is InChI=1S/C20H15ClN6O/c21-15-6-8-16(9-7-15)28-12-18-24-20-17-10-23-26(11-14-4-2-1-3-5-14)19(17)22-13-27(20)25-18/h1-10,13H,11-12H2. The van der Waals surface area contributed by atoms with Crippen LogP contribution in [0.15, 0.2) is 67.1 Å². The topological polar surface area (TPSA) is 70.1 Å². The van der Waals surface area contributed by atoms with Gasteiger partial charge < -0.3 is 4.74 Å². The Morgan fingerprint density at radius 1 is 0.964 bits per heavy atom. The Hall–Kier alpha value is -3.45. The van der Waals surface area contributed by atoms with Crippen LogP contribution in [0.1, 0.15) is 11.4 Å². The minimum absolute atomic E-state index is 0.253. The highest BCUT2D eigenvalue weighted by Crippen LogP contribution is 2.19. The summed E-state index contributed by atoms with van der Waals surface area (Å²) in [6, 6.07) is 17.3. The lowest BCUT2D eigenvalue weighted by atomic mass is 10.2. The van der Waals surface area contributed by atoms with Gasteiger partial charge in [0.05, 0.1) is 18.1 Å². The molecule has 0 N–H and O–H groups in total. The Labute approximate surface area is 165 Å². The smallest absolute Gasteiger partial charge is 0.189 e. The van der Waals surface area contributed by atoms with E-state index in [-0.39, 0.29) is 6.61 Å². The second-order valence-electron chi connectivity index (χ2n) is 6.31. The lowest BCUT2D eigenvalue weighted by Gasteiger charge is -2.02. The van der Waals surface area contributed by atoms with Gasteiger partial charge in [-0.2, -0.15) is 5.10 Å². The fourth-order valence-electron chi connectivity index (χ4n) is 3.03. The van der Waals surface area contributed by atoms with Crippen molar-refractivity contribution in [2.45, 2.75) is 13.2 Å². The molecular weight excluding hydrogens is 376 g/mol. The van der Waals surface area contributed by atoms with Crippen molar-refractivity contribution in [3.05, 3.63) is 83.5 Å². The summed E-state index contributed by atoms with van der Waals surface area (Å²) in [7, 11) is 0. The Balaban J connectivity index is 1.43. The minimum Gasteiger partial charge on any atom is -0.486 e. The van der Waals surface area contributed by atoms with Crippen molar-refractivity contribution in [3.63, 3.8) is 0 Å². The highest BCUT2D eigenvalue weighted by molar-refractivity contribution is 6.30. The van der Waals surface area contributed by atoms with Crippen LogP contribution in [0.3, 0.4) is 0 Å². The largest absolute Gasteiger partial charge is 0.486 e. The Morgan fingerprint density at radius 2 is 1.79 bits per heavy atom. The summed E-state index contributed by atoms with van der Waals surface area (Å²) in [4.78, 5) is 9.11. The van der Waals surface area contributed by atoms with Crippen LogP contribution in [0.25, 0.3) is 16.7 Å². The molecule has 0 amide bonds. The first-order valence-corrected chi connectivity index (χ1v) is 9.12. The first kappa shape index (κ1) is 16.7. The lowest BCUT2D eigenvalue weighted by Crippen LogP contribution is -2.03. The second kappa shape index (κ2) is 6.94. The van der Waals surface area contributed by atoms with Gasteiger partial charge in [0.2, 0.25) is 0 Å². The van der Waals surface area contributed by atoms with Gasteiger partial charge in [0, 0.05) is 5.02 Å². The molecule has 0 bridgehead atoms. The molecule has 8 heteroatoms. The average molecular weight is 391 g/mol. The minimum atomic E-state index is 0.253. The summed E-state index contributed by atoms with van der Waals surface area (Å²) in [5.74, 6) is 1.28. The van der Waals surface area contributed by atoms with Crippen molar-refractivity contribution >= 4 is 28.3 Å². The number of benzene rings is 2. The summed E-state index contributed by atoms with van der Waals surface area (Å²) < 4.78 is 9.25. The van der Waals surface area contributed by atoms with Crippen molar-refractivity contribution in [2.75, 3.05) is 0 Å². The molecule has 0 radical (unpaired) electrons. The van der Waals surface area contributed by atoms with Crippen molar-refractivity contribution < 1.29 is 4.74 Å². The van der Waals surface area contributed by atoms with Crippen molar-refractivity contribution in [2.24, 2.45) is 0 Å². The van der Waals surface area contributed by atoms with Gasteiger partial charge in [-0.15, -0.1) is 5.10 Å². The van der Waals surface area contributed by atoms with Gasteiger partial charge in [0.1, 0.15) is 18.7 Å². The molecule has 3 heterocycles. The molecule has 138 valence electrons. The summed E-state index contributed by atoms with van der Waals surface area (Å²) in [6.07, 6.45) is 3.43. The van der Waals surface area contributed by atoms with E-state index in [0.29, 0.717) is 28.8 Å². The highest BCUT2D eigenvalue weighted by atomic mass is 35.5. The van der Waals surface area contributed by atoms with Gasteiger partial charge in [-0.05, 0) is 29.8 Å². The van der Waals surface area contributed by atoms with Gasteiger partial charge >= 0.3 is 0 Å². The van der Waals surface area contributed by atoms with E-state index in [0.717, 1.165) is 16.6 Å². The number of rotatable bonds is 5. The zero-order chi connectivity index (χ0) is 18.9. The van der Waals surface area contributed by atoms with Crippen LogP contribution in [0.5, 0.6) is 5.75 Å². The van der Waals surface area contributed by atoms with E-state index in [2.05, 4.69) is 32.3 Å². The van der Waals surface area contributed by atoms with Crippen LogP contribution in [-0.2, 0) is 13.2 Å². The third-order valence-corrected chi connectivity index (χ3v) is 4.63. The van der Waals surface area contributed by atoms with Gasteiger partial charge in [-0.1, -0.05) is 41.9 Å². The predicted octanol–water partition coefficient (Wildman–Crippen LogP) is 3.75. The lowest BCUT2D eigenvalue weighted by molar-refractivity contribution is 0.296. The van der Waals surface area contributed by atoms with Crippen LogP contribution in [0.4, 0.5) is 0 Å². The fourth-order valence-corrected chi connectivity index (χ4v) is 3.15. The molecule has 0 saturated heterocycles. The predicted molar refractivity (Wildman–Crippen MR) is 105 cm³/mol. The molecule has 5 aromatic rings. The molecule has 0 fully saturated rings. The molecule has 0 aliphatic rings. The molecule has 0 saturated carbocycles. The van der Waals surface area contributed by atoms with Gasteiger partial charge in [0.15, 0.2) is 17.1 Å². The zero-order valence-electron chi connectivity index (χ0n) is 14.7. The quantitative estimate of drug-likeness (QED) is 0.457. The van der Waals surface area contributed by atoms with Crippen LogP contribution in [-0.4, -0.2) is 29.4 Å². The summed E-state index contributed by atoms with van der Waals surface area (Å²) in [6.45, 7) is 0.900. The Bertz CT molecular complexity index is 1250. The molecule has 0 aliphatic carbocycles. The third kappa shape index (κ3) is 3.16. The number of aromatic nitrogens is 6. The first-order valence-electron chi connectivity index (χ1n) is 8.74. The molecule has 3 aromatic heterocycles. The Kier molecular flexibility index (Phi) is 4.14. The molecule has 0 aliphatic heterocycles. The second-order valence-corrected chi connectivity index (χ2v) is 6.74. The molecule has 2 aromatic carbocycles. The van der Waals surface area contributed by atoms with Crippen molar-refractivity contribution in [1.29, 1.82) is 0 Å². The molecule has 5 rings (SSSR count). The number of hydrogen-bond acceptors (Lipinski definition) is 5. The van der Waals surface area contributed by atoms with Crippen LogP contribution in [0, 0.1) is 0 Å². The molecule has 0 spiro atoms. The van der Waals surface area contributed by atoms with Gasteiger partial charge in [0.25, 0.3) is 0 Å². The van der Waals surface area contributed by atoms with Crippen LogP contribution < -0.4 is 4.74 Å². The number of fused-ring (bicyclic) bond motifs is 3. The zero-order valence-corrected chi connectivity index (χ0v) is 15.5. The number of hydrogen-bond donors (Lipinski definition) is 0. The summed E-state index contributed by atoms with van der Waals surface area (Å²) in [5, 5.41) is 10.4. The molecule has 0 unspecified atom stereocenters. The normalized spacial score (nSPS) is 11.3. The number of nitrogens with zero attached hydrogens (tertiary/aromatic N) is 6. The van der Waals surface area contributed by atoms with Crippen LogP contribution >= 0.6 is 11.6 Å². The summed E-state index contributed by atoms with van der Waals surface area (Å²) >= 11 is 5.89. The molecule has 0 atom stereocenters. The van der Waals surface area contributed by atoms with E-state index < -0.39 is 0 Å². The maximum atomic E-state index is 5.89. The van der Waals surface area contributed by atoms with Gasteiger partial charge in [-0.25, -0.2) is 19.2 Å². The first-order chi connectivity index (χ1) is 13.8. The van der Waals surface area contributed by atoms with E-state index >= 15 is 0 Å². The van der Waals surface area contributed by atoms with Gasteiger partial charge in [-0.3, -0.25) is 0 Å². The summed E-state index contributed by atoms with van der Waals surface area (Å²) in [5.41, 5.74) is 2.64. The molecular formula is C20H15ClN6O. The van der Waals surface area contributed by atoms with E-state index in [4.69, 9.17) is 16.3 Å². The molecule has 28 heavy (non-hydrogen) atoms. The average Bonchev–Trinajstić information content (AvgIpc) is 3.32. The monoisotopic (exact) mass is 390 g/mol. The highest BCUT2D eigenvalue weighted by Gasteiger charge is 2.13. The molecule has 7 nitrogen and oxygen atoms in total. The van der Waals surface area contributed by atoms with E-state index in [1.165, 1.54) is 0 Å². The van der Waals surface area contributed by atoms with E-state index in [9.17, 15) is 0 Å². The SMILES string of the molecule is Clc1ccc(OCc2nc3c4cnn(Cc5ccccc5)c4ncn3n2)cc1. The van der Waals surface area contributed by atoms with Crippen molar-refractivity contribution in [3.8, 4) is 5.75 Å². The maximum Gasteiger partial charge on any atom is 0.189 e. The van der Waals surface area contributed by atoms with E-state index in [1.807, 2.05) is 35.0 Å². The third-order valence-electron chi connectivity index (χ3n) is 4.37. The number of ether oxygens (including phenoxy) is 1. The fraction of sp³-hybridized carbons (Fsp3) is 0.100. The van der Waals surface area contributed by atoms with Crippen molar-refractivity contribution in [1.82, 2.24) is 29.4 Å². The van der Waals surface area contributed by atoms with Crippen LogP contribution in [0.2, 0.25) is 5.02 Å². The maximum absolute atomic E-state index is 5.89.